The molecule has 0 spiro atoms. The molecule has 2 aromatic rings. The van der Waals surface area contributed by atoms with Crippen LogP contribution in [0.2, 0.25) is 0 Å². The van der Waals surface area contributed by atoms with Gasteiger partial charge in [0.25, 0.3) is 0 Å². The van der Waals surface area contributed by atoms with Crippen LogP contribution in [0.4, 0.5) is 5.82 Å². The van der Waals surface area contributed by atoms with Gasteiger partial charge in [-0.25, -0.2) is 14.6 Å². The van der Waals surface area contributed by atoms with Crippen molar-refractivity contribution in [3.63, 3.8) is 0 Å². The Bertz CT molecular complexity index is 733. The number of carbonyl (C=O) groups excluding carboxylic acids is 1. The molecule has 1 amide bonds. The van der Waals surface area contributed by atoms with Crippen LogP contribution in [0, 0.1) is 5.92 Å². The molecule has 2 N–H and O–H groups in total. The Morgan fingerprint density at radius 1 is 1.35 bits per heavy atom. The molecule has 144 valence electrons. The van der Waals surface area contributed by atoms with E-state index in [4.69, 9.17) is 11.6 Å². The van der Waals surface area contributed by atoms with Gasteiger partial charge in [-0.2, -0.15) is 5.10 Å². The van der Waals surface area contributed by atoms with E-state index < -0.39 is 5.38 Å². The lowest BCUT2D eigenvalue weighted by Crippen LogP contribution is -2.32. The van der Waals surface area contributed by atoms with Crippen LogP contribution >= 0.6 is 23.4 Å². The van der Waals surface area contributed by atoms with Gasteiger partial charge >= 0.3 is 0 Å². The van der Waals surface area contributed by atoms with Crippen LogP contribution in [0.5, 0.6) is 0 Å². The second kappa shape index (κ2) is 9.97. The van der Waals surface area contributed by atoms with Crippen LogP contribution in [-0.4, -0.2) is 49.9 Å². The minimum Gasteiger partial charge on any atom is -0.369 e. The van der Waals surface area contributed by atoms with E-state index >= 15 is 0 Å². The van der Waals surface area contributed by atoms with Crippen LogP contribution in [-0.2, 0) is 11.3 Å². The van der Waals surface area contributed by atoms with E-state index in [0.29, 0.717) is 19.0 Å². The largest absolute Gasteiger partial charge is 0.369 e. The predicted molar refractivity (Wildman–Crippen MR) is 108 cm³/mol. The number of hydrogen-bond acceptors (Lipinski definition) is 6. The van der Waals surface area contributed by atoms with Crippen molar-refractivity contribution in [1.82, 2.24) is 25.1 Å². The Hall–Kier alpha value is -1.54. The highest BCUT2D eigenvalue weighted by Crippen LogP contribution is 2.25. The lowest BCUT2D eigenvalue weighted by molar-refractivity contribution is -0.120. The summed E-state index contributed by atoms with van der Waals surface area (Å²) in [7, 11) is 0. The molecule has 0 aliphatic heterocycles. The summed E-state index contributed by atoms with van der Waals surface area (Å²) < 4.78 is 1.80. The average Bonchev–Trinajstić information content (AvgIpc) is 3.00. The Morgan fingerprint density at radius 3 is 2.77 bits per heavy atom. The van der Waals surface area contributed by atoms with E-state index in [9.17, 15) is 4.79 Å². The number of rotatable bonds is 10. The van der Waals surface area contributed by atoms with E-state index in [1.54, 1.807) is 29.6 Å². The number of thioether (sulfide) groups is 1. The van der Waals surface area contributed by atoms with E-state index in [0.717, 1.165) is 40.7 Å². The maximum Gasteiger partial charge on any atom is 0.237 e. The quantitative estimate of drug-likeness (QED) is 0.363. The number of alkyl halides is 1. The highest BCUT2D eigenvalue weighted by molar-refractivity contribution is 7.99. The minimum atomic E-state index is -0.546. The van der Waals surface area contributed by atoms with Crippen LogP contribution in [0.15, 0.2) is 11.4 Å². The first kappa shape index (κ1) is 20.8. The SMILES string of the molecule is CCCSc1nc(NCC(C)C)c2cnn(CCNC(=O)C(C)Cl)c2n1. The molecule has 0 saturated carbocycles. The predicted octanol–water partition coefficient (Wildman–Crippen LogP) is 3.14. The van der Waals surface area contributed by atoms with Gasteiger partial charge in [0.05, 0.1) is 18.1 Å². The summed E-state index contributed by atoms with van der Waals surface area (Å²) in [5.41, 5.74) is 0.776. The van der Waals surface area contributed by atoms with E-state index in [1.807, 2.05) is 0 Å². The summed E-state index contributed by atoms with van der Waals surface area (Å²) in [6.07, 6.45) is 2.83. The molecule has 9 heteroatoms. The summed E-state index contributed by atoms with van der Waals surface area (Å²) in [6, 6.07) is 0. The van der Waals surface area contributed by atoms with Crippen LogP contribution in [0.3, 0.4) is 0 Å². The van der Waals surface area contributed by atoms with Gasteiger partial charge < -0.3 is 10.6 Å². The molecule has 26 heavy (non-hydrogen) atoms. The van der Waals surface area contributed by atoms with E-state index in [-0.39, 0.29) is 5.91 Å². The lowest BCUT2D eigenvalue weighted by Gasteiger charge is -2.11. The number of nitrogens with zero attached hydrogens (tertiary/aromatic N) is 4. The minimum absolute atomic E-state index is 0.184. The van der Waals surface area contributed by atoms with Gasteiger partial charge in [-0.1, -0.05) is 32.5 Å². The molecular formula is C17H27ClN6OS. The van der Waals surface area contributed by atoms with Gasteiger partial charge in [-0.05, 0) is 19.3 Å². The maximum atomic E-state index is 11.6. The van der Waals surface area contributed by atoms with Gasteiger partial charge in [0.2, 0.25) is 5.91 Å². The first-order chi connectivity index (χ1) is 12.4. The fourth-order valence-corrected chi connectivity index (χ4v) is 2.99. The number of halogens is 1. The van der Waals surface area contributed by atoms with Gasteiger partial charge in [0, 0.05) is 18.8 Å². The van der Waals surface area contributed by atoms with Crippen LogP contribution in [0.1, 0.15) is 34.1 Å². The molecule has 2 rings (SSSR count). The highest BCUT2D eigenvalue weighted by Gasteiger charge is 2.14. The number of anilines is 1. The monoisotopic (exact) mass is 398 g/mol. The maximum absolute atomic E-state index is 11.6. The zero-order valence-electron chi connectivity index (χ0n) is 15.8. The number of carbonyl (C=O) groups is 1. The highest BCUT2D eigenvalue weighted by atomic mass is 35.5. The van der Waals surface area contributed by atoms with Crippen molar-refractivity contribution in [2.75, 3.05) is 24.2 Å². The number of nitrogens with one attached hydrogen (secondary N) is 2. The first-order valence-electron chi connectivity index (χ1n) is 8.94. The standard InChI is InChI=1S/C17H27ClN6OS/c1-5-8-26-17-22-14(20-9-11(2)3)13-10-21-24(15(13)23-17)7-6-19-16(25)12(4)18/h10-12H,5-9H2,1-4H3,(H,19,25)(H,20,22,23). The number of hydrogen-bond donors (Lipinski definition) is 2. The van der Waals surface area contributed by atoms with Gasteiger partial charge in [-0.3, -0.25) is 4.79 Å². The first-order valence-corrected chi connectivity index (χ1v) is 10.4. The third-order valence-electron chi connectivity index (χ3n) is 3.57. The molecule has 0 saturated heterocycles. The summed E-state index contributed by atoms with van der Waals surface area (Å²) in [4.78, 5) is 20.9. The summed E-state index contributed by atoms with van der Waals surface area (Å²) in [6.45, 7) is 9.90. The van der Waals surface area contributed by atoms with Crippen molar-refractivity contribution in [1.29, 1.82) is 0 Å². The Morgan fingerprint density at radius 2 is 2.12 bits per heavy atom. The second-order valence-electron chi connectivity index (χ2n) is 6.49. The number of amides is 1. The third kappa shape index (κ3) is 5.74. The normalized spacial score (nSPS) is 12.5. The summed E-state index contributed by atoms with van der Waals surface area (Å²) in [5, 5.41) is 11.7. The van der Waals surface area contributed by atoms with Crippen LogP contribution < -0.4 is 10.6 Å². The molecule has 0 aromatic carbocycles. The zero-order valence-corrected chi connectivity index (χ0v) is 17.3. The van der Waals surface area contributed by atoms with E-state index in [1.165, 1.54) is 0 Å². The van der Waals surface area contributed by atoms with Crippen molar-refractivity contribution in [2.24, 2.45) is 5.92 Å². The molecule has 0 fully saturated rings. The average molecular weight is 399 g/mol. The van der Waals surface area contributed by atoms with Crippen LogP contribution in [0.25, 0.3) is 11.0 Å². The molecule has 1 unspecified atom stereocenters. The molecule has 7 nitrogen and oxygen atoms in total. The Balaban J connectivity index is 2.22. The smallest absolute Gasteiger partial charge is 0.237 e. The van der Waals surface area contributed by atoms with Crippen molar-refractivity contribution < 1.29 is 4.79 Å². The Kier molecular flexibility index (Phi) is 7.96. The van der Waals surface area contributed by atoms with Gasteiger partial charge in [-0.15, -0.1) is 11.6 Å². The molecule has 0 radical (unpaired) electrons. The third-order valence-corrected chi connectivity index (χ3v) is 4.82. The van der Waals surface area contributed by atoms with Crippen molar-refractivity contribution in [2.45, 2.75) is 51.2 Å². The van der Waals surface area contributed by atoms with Gasteiger partial charge in [0.1, 0.15) is 11.2 Å². The Labute approximate surface area is 163 Å². The zero-order chi connectivity index (χ0) is 19.1. The summed E-state index contributed by atoms with van der Waals surface area (Å²) in [5.74, 6) is 2.10. The van der Waals surface area contributed by atoms with Crippen molar-refractivity contribution in [3.8, 4) is 0 Å². The molecular weight excluding hydrogens is 372 g/mol. The molecule has 0 bridgehead atoms. The fourth-order valence-electron chi connectivity index (χ4n) is 2.22. The molecule has 1 atom stereocenters. The fraction of sp³-hybridized carbons (Fsp3) is 0.647. The molecule has 2 heterocycles. The number of aromatic nitrogens is 4. The van der Waals surface area contributed by atoms with Crippen molar-refractivity contribution >= 4 is 46.1 Å². The second-order valence-corrected chi connectivity index (χ2v) is 8.21. The molecule has 0 aliphatic carbocycles. The van der Waals surface area contributed by atoms with Gasteiger partial charge in [0.15, 0.2) is 10.8 Å². The van der Waals surface area contributed by atoms with E-state index in [2.05, 4.69) is 46.5 Å². The molecule has 0 aliphatic rings. The number of fused-ring (bicyclic) bond motifs is 1. The molecule has 2 aromatic heterocycles. The summed E-state index contributed by atoms with van der Waals surface area (Å²) >= 11 is 7.41. The lowest BCUT2D eigenvalue weighted by atomic mass is 10.2. The van der Waals surface area contributed by atoms with Crippen molar-refractivity contribution in [3.05, 3.63) is 6.20 Å². The topological polar surface area (TPSA) is 84.7 Å².